The molecule has 0 saturated heterocycles. The van der Waals surface area contributed by atoms with E-state index in [9.17, 15) is 19.8 Å². The van der Waals surface area contributed by atoms with Gasteiger partial charge in [-0.25, -0.2) is 0 Å². The van der Waals surface area contributed by atoms with Crippen LogP contribution in [0.1, 0.15) is 380 Å². The van der Waals surface area contributed by atoms with Crippen LogP contribution in [0.25, 0.3) is 0 Å². The second-order valence-electron chi connectivity index (χ2n) is 23.5. The summed E-state index contributed by atoms with van der Waals surface area (Å²) in [7, 11) is 0. The molecule has 0 aromatic carbocycles. The smallest absolute Gasteiger partial charge is 0.305 e. The molecule has 75 heavy (non-hydrogen) atoms. The predicted octanol–water partition coefficient (Wildman–Crippen LogP) is 21.8. The molecule has 0 rings (SSSR count). The van der Waals surface area contributed by atoms with E-state index in [1.54, 1.807) is 0 Å². The molecule has 0 heterocycles. The third kappa shape index (κ3) is 61.4. The van der Waals surface area contributed by atoms with Crippen LogP contribution in [0.15, 0.2) is 24.3 Å². The number of carbonyl (C=O) groups is 2. The summed E-state index contributed by atoms with van der Waals surface area (Å²) in [5.41, 5.74) is 0. The number of unbranched alkanes of at least 4 members (excludes halogenated alkanes) is 49. The molecule has 6 heteroatoms. The molecule has 0 aliphatic heterocycles. The molecule has 3 N–H and O–H groups in total. The molecule has 0 radical (unpaired) electrons. The van der Waals surface area contributed by atoms with Crippen LogP contribution >= 0.6 is 0 Å². The molecule has 1 amide bonds. The molecule has 444 valence electrons. The molecule has 2 unspecified atom stereocenters. The van der Waals surface area contributed by atoms with Crippen LogP contribution in [-0.2, 0) is 14.3 Å². The van der Waals surface area contributed by atoms with Crippen molar-refractivity contribution in [2.45, 2.75) is 392 Å². The Balaban J connectivity index is 3.40. The van der Waals surface area contributed by atoms with Crippen LogP contribution in [0.3, 0.4) is 0 Å². The van der Waals surface area contributed by atoms with Crippen molar-refractivity contribution in [3.63, 3.8) is 0 Å². The van der Waals surface area contributed by atoms with Gasteiger partial charge in [0, 0.05) is 12.8 Å². The van der Waals surface area contributed by atoms with Crippen molar-refractivity contribution in [1.29, 1.82) is 0 Å². The van der Waals surface area contributed by atoms with Crippen molar-refractivity contribution in [2.75, 3.05) is 13.2 Å². The van der Waals surface area contributed by atoms with Gasteiger partial charge < -0.3 is 20.3 Å². The molecule has 0 aliphatic carbocycles. The van der Waals surface area contributed by atoms with Crippen LogP contribution in [0.2, 0.25) is 0 Å². The van der Waals surface area contributed by atoms with E-state index in [4.69, 9.17) is 4.74 Å². The van der Waals surface area contributed by atoms with Gasteiger partial charge in [-0.15, -0.1) is 0 Å². The van der Waals surface area contributed by atoms with E-state index in [-0.39, 0.29) is 18.5 Å². The molecule has 6 nitrogen and oxygen atoms in total. The highest BCUT2D eigenvalue weighted by atomic mass is 16.5. The molecule has 0 saturated carbocycles. The molecule has 2 atom stereocenters. The lowest BCUT2D eigenvalue weighted by molar-refractivity contribution is -0.143. The number of carbonyl (C=O) groups excluding carboxylic acids is 2. The summed E-state index contributed by atoms with van der Waals surface area (Å²) in [5.74, 6) is -0.0211. The molecule has 0 aliphatic rings. The lowest BCUT2D eigenvalue weighted by Gasteiger charge is -2.22. The number of nitrogens with one attached hydrogen (secondary N) is 1. The van der Waals surface area contributed by atoms with Crippen molar-refractivity contribution in [3.05, 3.63) is 24.3 Å². The molecule has 0 spiro atoms. The van der Waals surface area contributed by atoms with Gasteiger partial charge in [0.25, 0.3) is 0 Å². The highest BCUT2D eigenvalue weighted by Crippen LogP contribution is 2.18. The maximum Gasteiger partial charge on any atom is 0.305 e. The fourth-order valence-corrected chi connectivity index (χ4v) is 10.8. The van der Waals surface area contributed by atoms with Crippen LogP contribution in [-0.4, -0.2) is 47.4 Å². The first kappa shape index (κ1) is 73.3. The normalized spacial score (nSPS) is 12.6. The van der Waals surface area contributed by atoms with Crippen LogP contribution < -0.4 is 5.32 Å². The topological polar surface area (TPSA) is 95.9 Å². The van der Waals surface area contributed by atoms with Gasteiger partial charge in [-0.1, -0.05) is 334 Å². The van der Waals surface area contributed by atoms with Gasteiger partial charge in [0.2, 0.25) is 5.91 Å². The zero-order chi connectivity index (χ0) is 54.3. The number of amides is 1. The Kier molecular flexibility index (Phi) is 63.4. The number of allylic oxidation sites excluding steroid dienone is 4. The number of esters is 1. The van der Waals surface area contributed by atoms with E-state index in [1.165, 1.54) is 302 Å². The average molecular weight is 1060 g/mol. The van der Waals surface area contributed by atoms with Crippen molar-refractivity contribution >= 4 is 11.9 Å². The number of aliphatic hydroxyl groups is 2. The standard InChI is InChI=1S/C69H133NO5/c1-3-5-7-9-11-13-15-17-19-34-37-41-45-49-53-57-61-67(72)66(65-71)70-68(73)62-58-54-50-46-42-38-35-31-29-27-25-23-21-20-22-24-26-28-30-32-36-40-44-48-52-56-60-64-75-69(74)63-59-55-51-47-43-39-33-18-16-14-12-10-8-6-4-2/h20-21,24,26,66-67,71-72H,3-19,22-23,25,27-65H2,1-2H3,(H,70,73)/b21-20-,26-24-. The quantitative estimate of drug-likeness (QED) is 0.0320. The molecule has 0 aromatic heterocycles. The van der Waals surface area contributed by atoms with Gasteiger partial charge in [0.15, 0.2) is 0 Å². The minimum Gasteiger partial charge on any atom is -0.466 e. The summed E-state index contributed by atoms with van der Waals surface area (Å²) >= 11 is 0. The first-order valence-electron chi connectivity index (χ1n) is 34.1. The average Bonchev–Trinajstić information content (AvgIpc) is 3.41. The number of hydrogen-bond donors (Lipinski definition) is 3. The largest absolute Gasteiger partial charge is 0.466 e. The minimum atomic E-state index is -0.666. The molecular weight excluding hydrogens is 923 g/mol. The Hall–Kier alpha value is -1.66. The summed E-state index contributed by atoms with van der Waals surface area (Å²) in [5, 5.41) is 23.3. The third-order valence-corrected chi connectivity index (χ3v) is 16.0. The summed E-state index contributed by atoms with van der Waals surface area (Å²) in [6, 6.07) is -0.544. The van der Waals surface area contributed by atoms with Crippen molar-refractivity contribution < 1.29 is 24.5 Å². The first-order chi connectivity index (χ1) is 37.0. The second kappa shape index (κ2) is 64.9. The van der Waals surface area contributed by atoms with Crippen molar-refractivity contribution in [3.8, 4) is 0 Å². The predicted molar refractivity (Wildman–Crippen MR) is 329 cm³/mol. The number of ether oxygens (including phenoxy) is 1. The Morgan fingerprint density at radius 2 is 0.667 bits per heavy atom. The van der Waals surface area contributed by atoms with Gasteiger partial charge in [-0.2, -0.15) is 0 Å². The minimum absolute atomic E-state index is 0.0142. The van der Waals surface area contributed by atoms with Crippen molar-refractivity contribution in [2.24, 2.45) is 0 Å². The highest BCUT2D eigenvalue weighted by Gasteiger charge is 2.20. The van der Waals surface area contributed by atoms with E-state index in [0.29, 0.717) is 25.9 Å². The Labute approximate surface area is 469 Å². The van der Waals surface area contributed by atoms with E-state index in [0.717, 1.165) is 44.9 Å². The number of hydrogen-bond acceptors (Lipinski definition) is 5. The van der Waals surface area contributed by atoms with Crippen molar-refractivity contribution in [1.82, 2.24) is 5.32 Å². The fraction of sp³-hybridized carbons (Fsp3) is 0.913. The zero-order valence-electron chi connectivity index (χ0n) is 50.8. The van der Waals surface area contributed by atoms with Crippen LogP contribution in [0.4, 0.5) is 0 Å². The third-order valence-electron chi connectivity index (χ3n) is 16.0. The zero-order valence-corrected chi connectivity index (χ0v) is 50.8. The van der Waals surface area contributed by atoms with Crippen LogP contribution in [0.5, 0.6) is 0 Å². The lowest BCUT2D eigenvalue weighted by Crippen LogP contribution is -2.45. The van der Waals surface area contributed by atoms with Crippen LogP contribution in [0, 0.1) is 0 Å². The van der Waals surface area contributed by atoms with E-state index < -0.39 is 12.1 Å². The summed E-state index contributed by atoms with van der Waals surface area (Å²) in [6.07, 6.45) is 80.7. The Bertz CT molecular complexity index is 1170. The fourth-order valence-electron chi connectivity index (χ4n) is 10.8. The monoisotopic (exact) mass is 1060 g/mol. The van der Waals surface area contributed by atoms with E-state index >= 15 is 0 Å². The second-order valence-corrected chi connectivity index (χ2v) is 23.5. The van der Waals surface area contributed by atoms with Gasteiger partial charge >= 0.3 is 5.97 Å². The van der Waals surface area contributed by atoms with E-state index in [1.807, 2.05) is 0 Å². The summed E-state index contributed by atoms with van der Waals surface area (Å²) < 4.78 is 5.49. The van der Waals surface area contributed by atoms with E-state index in [2.05, 4.69) is 43.5 Å². The highest BCUT2D eigenvalue weighted by molar-refractivity contribution is 5.76. The van der Waals surface area contributed by atoms with Gasteiger partial charge in [-0.05, 0) is 57.8 Å². The summed E-state index contributed by atoms with van der Waals surface area (Å²) in [6.45, 7) is 4.98. The number of aliphatic hydroxyl groups excluding tert-OH is 2. The molecule has 0 bridgehead atoms. The van der Waals surface area contributed by atoms with Gasteiger partial charge in [0.1, 0.15) is 0 Å². The maximum atomic E-state index is 12.5. The summed E-state index contributed by atoms with van der Waals surface area (Å²) in [4.78, 5) is 24.6. The van der Waals surface area contributed by atoms with Gasteiger partial charge in [0.05, 0.1) is 25.4 Å². The molecule has 0 fully saturated rings. The SMILES string of the molecule is CCCCCCCCCCCCCCCCCCC(O)C(CO)NC(=O)CCCCCCCCCCCCC/C=C\C/C=C\CCCCCCCCCCCOC(=O)CCCCCCCCCCCCCCCCC. The maximum absolute atomic E-state index is 12.5. The first-order valence-corrected chi connectivity index (χ1v) is 34.1. The van der Waals surface area contributed by atoms with Gasteiger partial charge in [-0.3, -0.25) is 9.59 Å². The molecular formula is C69H133NO5. The number of rotatable bonds is 64. The Morgan fingerprint density at radius 1 is 0.373 bits per heavy atom. The lowest BCUT2D eigenvalue weighted by atomic mass is 10.0. The Morgan fingerprint density at radius 3 is 1.01 bits per heavy atom. The molecule has 0 aromatic rings.